The number of aliphatic imine (C=N–C) groups is 1. The molecule has 9 nitrogen and oxygen atoms in total. The molecule has 0 heterocycles. The summed E-state index contributed by atoms with van der Waals surface area (Å²) in [5.41, 5.74) is 11.7. The third kappa shape index (κ3) is 8.24. The molecule has 0 radical (unpaired) electrons. The van der Waals surface area contributed by atoms with E-state index in [0.29, 0.717) is 10.6 Å². The minimum Gasteiger partial charge on any atom is -0.588 e. The average Bonchev–Trinajstić information content (AvgIpc) is 2.82. The highest BCUT2D eigenvalue weighted by Gasteiger charge is 2.16. The topological polar surface area (TPSA) is 166 Å². The van der Waals surface area contributed by atoms with Gasteiger partial charge in [-0.05, 0) is 72.7 Å². The van der Waals surface area contributed by atoms with Crippen molar-refractivity contribution < 1.29 is 32.7 Å². The second kappa shape index (κ2) is 12.6. The third-order valence-corrected chi connectivity index (χ3v) is 6.49. The van der Waals surface area contributed by atoms with Gasteiger partial charge in [-0.2, -0.15) is 4.99 Å². The van der Waals surface area contributed by atoms with Gasteiger partial charge in [0.25, 0.3) is 5.91 Å². The number of amides is 1. The molecule has 0 bridgehead atoms. The molecule has 0 fully saturated rings. The summed E-state index contributed by atoms with van der Waals surface area (Å²) >= 11 is -1.64. The van der Waals surface area contributed by atoms with Gasteiger partial charge in [-0.15, -0.1) is 0 Å². The van der Waals surface area contributed by atoms with E-state index >= 15 is 0 Å². The molecule has 0 aromatic heterocycles. The molecule has 0 saturated carbocycles. The maximum Gasteiger partial charge on any atom is 0.275 e. The predicted molar refractivity (Wildman–Crippen MR) is 139 cm³/mol. The Bertz CT molecular complexity index is 1290. The zero-order valence-electron chi connectivity index (χ0n) is 19.4. The van der Waals surface area contributed by atoms with Crippen LogP contribution in [-0.4, -0.2) is 26.2 Å². The summed E-state index contributed by atoms with van der Waals surface area (Å²) in [6.07, 6.45) is 1.37. The fraction of sp³-hybridized carbons (Fsp3) is 0.0833. The van der Waals surface area contributed by atoms with Crippen molar-refractivity contribution in [3.63, 3.8) is 0 Å². The predicted octanol–water partition coefficient (Wildman–Crippen LogP) is 3.89. The van der Waals surface area contributed by atoms with E-state index < -0.39 is 49.0 Å². The van der Waals surface area contributed by atoms with E-state index in [1.807, 2.05) is 0 Å². The minimum atomic E-state index is -2.04. The van der Waals surface area contributed by atoms with E-state index in [1.165, 1.54) is 37.3 Å². The highest BCUT2D eigenvalue weighted by molar-refractivity contribution is 7.92. The van der Waals surface area contributed by atoms with Crippen LogP contribution in [0.25, 0.3) is 6.08 Å². The molecule has 1 unspecified atom stereocenters. The number of ether oxygens (including phenoxy) is 1. The molecule has 0 saturated heterocycles. The largest absolute Gasteiger partial charge is 0.588 e. The SMILES string of the molecule is C/C(=C\c1cc(F)c(Oc2ccc([S+]([O-])Nc3ccc(CP(O)O)cc3)cc2)c(F)c1)C(=O)N=C(N)N. The number of nitrogens with zero attached hydrogens (tertiary/aromatic N) is 1. The van der Waals surface area contributed by atoms with Crippen LogP contribution in [-0.2, 0) is 22.3 Å². The standard InChI is InChI=1S/C24H23F2N4O5PS/c1-14(23(31)29-24(27)28)10-16-11-20(25)22(21(26)12-16)35-18-6-8-19(9-7-18)37(34)30-17-4-2-15(3-5-17)13-36(32)33/h2-12,30,32-33H,13H2,1H3,(H4,27,28,29,31)/b14-10+. The average molecular weight is 549 g/mol. The summed E-state index contributed by atoms with van der Waals surface area (Å²) in [6, 6.07) is 14.4. The number of rotatable bonds is 9. The molecule has 13 heteroatoms. The number of benzene rings is 3. The molecule has 1 amide bonds. The number of hydrogen-bond donors (Lipinski definition) is 5. The molecule has 37 heavy (non-hydrogen) atoms. The number of carbonyl (C=O) groups excluding carboxylic acids is 1. The lowest BCUT2D eigenvalue weighted by atomic mass is 10.1. The second-order valence-corrected chi connectivity index (χ2v) is 9.93. The van der Waals surface area contributed by atoms with Gasteiger partial charge in [-0.1, -0.05) is 12.1 Å². The summed E-state index contributed by atoms with van der Waals surface area (Å²) in [7, 11) is -2.04. The molecule has 7 N–H and O–H groups in total. The molecule has 194 valence electrons. The Kier molecular flexibility index (Phi) is 9.56. The zero-order valence-corrected chi connectivity index (χ0v) is 21.1. The van der Waals surface area contributed by atoms with E-state index in [0.717, 1.165) is 17.7 Å². The van der Waals surface area contributed by atoms with Crippen LogP contribution in [0, 0.1) is 11.6 Å². The van der Waals surface area contributed by atoms with Gasteiger partial charge in [0.05, 0.1) is 5.69 Å². The minimum absolute atomic E-state index is 0.0670. The summed E-state index contributed by atoms with van der Waals surface area (Å²) in [5, 5.41) is 0. The van der Waals surface area contributed by atoms with Crippen molar-refractivity contribution in [2.75, 3.05) is 4.72 Å². The van der Waals surface area contributed by atoms with Gasteiger partial charge in [0, 0.05) is 11.7 Å². The summed E-state index contributed by atoms with van der Waals surface area (Å²) in [6.45, 7) is 1.40. The van der Waals surface area contributed by atoms with Crippen LogP contribution in [0.2, 0.25) is 0 Å². The van der Waals surface area contributed by atoms with Gasteiger partial charge in [0.2, 0.25) is 0 Å². The first-order valence-corrected chi connectivity index (χ1v) is 13.1. The van der Waals surface area contributed by atoms with E-state index in [9.17, 15) is 18.1 Å². The van der Waals surface area contributed by atoms with Crippen LogP contribution in [0.15, 0.2) is 76.1 Å². The van der Waals surface area contributed by atoms with Crippen molar-refractivity contribution >= 4 is 43.4 Å². The number of halogens is 2. The van der Waals surface area contributed by atoms with Crippen molar-refractivity contribution in [1.82, 2.24) is 0 Å². The Labute approximate surface area is 215 Å². The normalized spacial score (nSPS) is 12.2. The van der Waals surface area contributed by atoms with Gasteiger partial charge in [-0.25, -0.2) is 13.5 Å². The molecule has 0 aliphatic heterocycles. The highest BCUT2D eigenvalue weighted by Crippen LogP contribution is 2.31. The van der Waals surface area contributed by atoms with Crippen molar-refractivity contribution in [1.29, 1.82) is 0 Å². The molecule has 3 aromatic carbocycles. The van der Waals surface area contributed by atoms with Gasteiger partial charge in [-0.3, -0.25) is 4.79 Å². The molecule has 1 atom stereocenters. The maximum atomic E-state index is 14.6. The van der Waals surface area contributed by atoms with Crippen molar-refractivity contribution in [2.24, 2.45) is 16.5 Å². The molecular formula is C24H23F2N4O5PS. The van der Waals surface area contributed by atoms with Crippen LogP contribution >= 0.6 is 8.38 Å². The number of hydrogen-bond acceptors (Lipinski definition) is 6. The maximum absolute atomic E-state index is 14.6. The smallest absolute Gasteiger partial charge is 0.275 e. The lowest BCUT2D eigenvalue weighted by molar-refractivity contribution is -0.114. The van der Waals surface area contributed by atoms with Crippen LogP contribution in [0.4, 0.5) is 14.5 Å². The number of anilines is 1. The Morgan fingerprint density at radius 1 is 1.11 bits per heavy atom. The summed E-state index contributed by atoms with van der Waals surface area (Å²) in [4.78, 5) is 33.7. The van der Waals surface area contributed by atoms with E-state index in [2.05, 4.69) is 9.71 Å². The Morgan fingerprint density at radius 3 is 2.24 bits per heavy atom. The number of carbonyl (C=O) groups is 1. The summed E-state index contributed by atoms with van der Waals surface area (Å²) < 4.78 is 49.9. The quantitative estimate of drug-likeness (QED) is 0.0883. The molecule has 3 aromatic rings. The first kappa shape index (κ1) is 28.0. The Balaban J connectivity index is 1.68. The molecule has 3 rings (SSSR count). The van der Waals surface area contributed by atoms with Crippen LogP contribution in [0.5, 0.6) is 11.5 Å². The van der Waals surface area contributed by atoms with Gasteiger partial charge >= 0.3 is 0 Å². The zero-order chi connectivity index (χ0) is 27.1. The first-order valence-electron chi connectivity index (χ1n) is 10.5. The van der Waals surface area contributed by atoms with Gasteiger partial charge in [0.15, 0.2) is 36.6 Å². The number of nitrogens with two attached hydrogens (primary N) is 2. The fourth-order valence-corrected chi connectivity index (χ4v) is 4.42. The molecule has 0 aliphatic carbocycles. The van der Waals surface area contributed by atoms with E-state index in [1.54, 1.807) is 24.3 Å². The monoisotopic (exact) mass is 548 g/mol. The molecule has 0 aliphatic rings. The van der Waals surface area contributed by atoms with Crippen LogP contribution in [0.3, 0.4) is 0 Å². The molecule has 0 spiro atoms. The number of nitrogens with one attached hydrogen (secondary N) is 1. The van der Waals surface area contributed by atoms with E-state index in [-0.39, 0.29) is 23.0 Å². The van der Waals surface area contributed by atoms with Crippen molar-refractivity contribution in [2.45, 2.75) is 18.0 Å². The second-order valence-electron chi connectivity index (χ2n) is 7.65. The van der Waals surface area contributed by atoms with E-state index in [4.69, 9.17) is 26.0 Å². The van der Waals surface area contributed by atoms with Crippen molar-refractivity contribution in [3.05, 3.63) is 89.0 Å². The lowest BCUT2D eigenvalue weighted by Gasteiger charge is -2.13. The van der Waals surface area contributed by atoms with Gasteiger partial charge < -0.3 is 30.5 Å². The van der Waals surface area contributed by atoms with Crippen LogP contribution < -0.4 is 20.9 Å². The molecular weight excluding hydrogens is 525 g/mol. The van der Waals surface area contributed by atoms with Gasteiger partial charge in [0.1, 0.15) is 17.1 Å². The highest BCUT2D eigenvalue weighted by atomic mass is 32.2. The number of guanidine groups is 1. The summed E-state index contributed by atoms with van der Waals surface area (Å²) in [5.74, 6) is -3.71. The third-order valence-electron chi connectivity index (χ3n) is 4.72. The Hall–Kier alpha value is -3.54. The van der Waals surface area contributed by atoms with Crippen LogP contribution in [0.1, 0.15) is 18.1 Å². The van der Waals surface area contributed by atoms with Crippen molar-refractivity contribution in [3.8, 4) is 11.5 Å². The lowest BCUT2D eigenvalue weighted by Crippen LogP contribution is -2.24. The fourth-order valence-electron chi connectivity index (χ4n) is 3.03. The first-order chi connectivity index (χ1) is 17.5. The Morgan fingerprint density at radius 2 is 1.70 bits per heavy atom.